The monoisotopic (exact) mass is 401 g/mol. The number of amides is 2. The molecule has 26 heavy (non-hydrogen) atoms. The van der Waals surface area contributed by atoms with Gasteiger partial charge in [-0.1, -0.05) is 29.3 Å². The topological polar surface area (TPSA) is 61.9 Å². The maximum atomic E-state index is 12.6. The van der Waals surface area contributed by atoms with Crippen molar-refractivity contribution >= 4 is 35.2 Å². The number of ether oxygens (including phenoxy) is 1. The van der Waals surface area contributed by atoms with E-state index in [1.54, 1.807) is 24.0 Å². The molecule has 1 heterocycles. The highest BCUT2D eigenvalue weighted by atomic mass is 35.5. The molecule has 1 fully saturated rings. The van der Waals surface area contributed by atoms with Gasteiger partial charge >= 0.3 is 6.09 Å². The molecule has 1 aliphatic heterocycles. The van der Waals surface area contributed by atoms with Crippen molar-refractivity contribution in [2.45, 2.75) is 32.9 Å². The van der Waals surface area contributed by atoms with E-state index in [1.807, 2.05) is 19.9 Å². The van der Waals surface area contributed by atoms with Crippen molar-refractivity contribution in [1.29, 1.82) is 0 Å². The molecule has 1 saturated heterocycles. The molecule has 6 nitrogen and oxygen atoms in total. The van der Waals surface area contributed by atoms with Gasteiger partial charge in [-0.3, -0.25) is 9.69 Å². The van der Waals surface area contributed by atoms with Crippen molar-refractivity contribution < 1.29 is 14.3 Å². The minimum Gasteiger partial charge on any atom is -0.450 e. The van der Waals surface area contributed by atoms with Gasteiger partial charge in [-0.25, -0.2) is 4.79 Å². The number of nitrogens with one attached hydrogen (secondary N) is 1. The first-order valence-corrected chi connectivity index (χ1v) is 9.50. The van der Waals surface area contributed by atoms with E-state index in [1.165, 1.54) is 0 Å². The first-order valence-electron chi connectivity index (χ1n) is 8.74. The first-order chi connectivity index (χ1) is 12.3. The molecule has 0 aliphatic carbocycles. The predicted octanol–water partition coefficient (Wildman–Crippen LogP) is 3.33. The lowest BCUT2D eigenvalue weighted by Gasteiger charge is -2.37. The Bertz CT molecular complexity index is 649. The van der Waals surface area contributed by atoms with Crippen molar-refractivity contribution in [1.82, 2.24) is 15.1 Å². The number of piperazine rings is 1. The highest BCUT2D eigenvalue weighted by Gasteiger charge is 2.28. The summed E-state index contributed by atoms with van der Waals surface area (Å²) in [6, 6.07) is 4.71. The van der Waals surface area contributed by atoms with E-state index in [9.17, 15) is 9.59 Å². The summed E-state index contributed by atoms with van der Waals surface area (Å²) in [5.74, 6) is -0.0758. The van der Waals surface area contributed by atoms with Crippen LogP contribution in [0.1, 0.15) is 32.4 Å². The second kappa shape index (κ2) is 9.44. The maximum absolute atomic E-state index is 12.6. The van der Waals surface area contributed by atoms with E-state index in [0.29, 0.717) is 42.8 Å². The van der Waals surface area contributed by atoms with Gasteiger partial charge in [0, 0.05) is 36.2 Å². The molecule has 0 spiro atoms. The fourth-order valence-electron chi connectivity index (χ4n) is 2.94. The average Bonchev–Trinajstić information content (AvgIpc) is 2.61. The molecule has 1 aromatic carbocycles. The maximum Gasteiger partial charge on any atom is 0.409 e. The lowest BCUT2D eigenvalue weighted by Crippen LogP contribution is -2.55. The summed E-state index contributed by atoms with van der Waals surface area (Å²) >= 11 is 12.1. The molecule has 1 aliphatic rings. The summed E-state index contributed by atoms with van der Waals surface area (Å²) in [7, 11) is 0. The molecular weight excluding hydrogens is 377 g/mol. The van der Waals surface area contributed by atoms with Gasteiger partial charge in [0.25, 0.3) is 0 Å². The van der Waals surface area contributed by atoms with Crippen LogP contribution in [0.25, 0.3) is 0 Å². The summed E-state index contributed by atoms with van der Waals surface area (Å²) < 4.78 is 5.01. The first kappa shape index (κ1) is 20.8. The Balaban J connectivity index is 1.88. The molecule has 0 saturated carbocycles. The standard InChI is InChI=1S/C18H25Cl2N3O3/c1-4-26-18(25)23-9-7-22(8-10-23)13(3)17(24)21-12(2)15-6-5-14(19)11-16(15)20/h5-6,11-13H,4,7-10H2,1-3H3,(H,21,24)/t12-,13-/m1/s1. The number of hydrogen-bond donors (Lipinski definition) is 1. The largest absolute Gasteiger partial charge is 0.450 e. The van der Waals surface area contributed by atoms with Crippen molar-refractivity contribution in [2.75, 3.05) is 32.8 Å². The third-order valence-corrected chi connectivity index (χ3v) is 5.12. The van der Waals surface area contributed by atoms with E-state index in [2.05, 4.69) is 10.2 Å². The fourth-order valence-corrected chi connectivity index (χ4v) is 3.51. The van der Waals surface area contributed by atoms with E-state index in [0.717, 1.165) is 5.56 Å². The molecule has 1 aromatic rings. The minimum absolute atomic E-state index is 0.0758. The number of rotatable bonds is 5. The van der Waals surface area contributed by atoms with E-state index in [4.69, 9.17) is 27.9 Å². The molecule has 2 amide bonds. The van der Waals surface area contributed by atoms with Gasteiger partial charge in [0.15, 0.2) is 0 Å². The van der Waals surface area contributed by atoms with Crippen molar-refractivity contribution in [2.24, 2.45) is 0 Å². The van der Waals surface area contributed by atoms with Gasteiger partial charge in [0.1, 0.15) is 0 Å². The van der Waals surface area contributed by atoms with Gasteiger partial charge in [0.2, 0.25) is 5.91 Å². The van der Waals surface area contributed by atoms with Crippen molar-refractivity contribution in [3.05, 3.63) is 33.8 Å². The summed E-state index contributed by atoms with van der Waals surface area (Å²) in [6.07, 6.45) is -0.296. The molecule has 144 valence electrons. The normalized spacial score (nSPS) is 17.5. The summed E-state index contributed by atoms with van der Waals surface area (Å²) in [6.45, 7) is 8.26. The third-order valence-electron chi connectivity index (χ3n) is 4.56. The van der Waals surface area contributed by atoms with Gasteiger partial charge in [-0.05, 0) is 38.5 Å². The molecule has 1 N–H and O–H groups in total. The van der Waals surface area contributed by atoms with Crippen molar-refractivity contribution in [3.8, 4) is 0 Å². The number of hydrogen-bond acceptors (Lipinski definition) is 4. The Labute approximate surface area is 164 Å². The van der Waals surface area contributed by atoms with Crippen LogP contribution in [0.15, 0.2) is 18.2 Å². The molecule has 0 unspecified atom stereocenters. The molecule has 8 heteroatoms. The van der Waals surface area contributed by atoms with Gasteiger partial charge in [-0.2, -0.15) is 0 Å². The number of nitrogens with zero attached hydrogens (tertiary/aromatic N) is 2. The quantitative estimate of drug-likeness (QED) is 0.821. The zero-order chi connectivity index (χ0) is 19.3. The Kier molecular flexibility index (Phi) is 7.55. The van der Waals surface area contributed by atoms with Crippen LogP contribution in [-0.4, -0.2) is 60.6 Å². The van der Waals surface area contributed by atoms with Crippen LogP contribution < -0.4 is 5.32 Å². The van der Waals surface area contributed by atoms with Gasteiger partial charge in [-0.15, -0.1) is 0 Å². The molecule has 0 aromatic heterocycles. The number of benzene rings is 1. The van der Waals surface area contributed by atoms with Crippen LogP contribution in [0.4, 0.5) is 4.79 Å². The number of carbonyl (C=O) groups excluding carboxylic acids is 2. The smallest absolute Gasteiger partial charge is 0.409 e. The summed E-state index contributed by atoms with van der Waals surface area (Å²) in [4.78, 5) is 28.1. The predicted molar refractivity (Wildman–Crippen MR) is 103 cm³/mol. The van der Waals surface area contributed by atoms with E-state index < -0.39 is 0 Å². The summed E-state index contributed by atoms with van der Waals surface area (Å²) in [5.41, 5.74) is 0.823. The Hall–Kier alpha value is -1.50. The lowest BCUT2D eigenvalue weighted by molar-refractivity contribution is -0.127. The average molecular weight is 402 g/mol. The second-order valence-corrected chi connectivity index (χ2v) is 7.14. The molecule has 0 bridgehead atoms. The molecule has 2 atom stereocenters. The Morgan fingerprint density at radius 2 is 1.85 bits per heavy atom. The summed E-state index contributed by atoms with van der Waals surface area (Å²) in [5, 5.41) is 4.08. The number of carbonyl (C=O) groups is 2. The third kappa shape index (κ3) is 5.25. The van der Waals surface area contributed by atoms with Crippen molar-refractivity contribution in [3.63, 3.8) is 0 Å². The van der Waals surface area contributed by atoms with Crippen LogP contribution in [0, 0.1) is 0 Å². The van der Waals surface area contributed by atoms with Crippen LogP contribution in [0.5, 0.6) is 0 Å². The Morgan fingerprint density at radius 3 is 2.42 bits per heavy atom. The van der Waals surface area contributed by atoms with Crippen LogP contribution >= 0.6 is 23.2 Å². The van der Waals surface area contributed by atoms with Crippen LogP contribution in [0.3, 0.4) is 0 Å². The minimum atomic E-state index is -0.298. The lowest BCUT2D eigenvalue weighted by atomic mass is 10.1. The second-order valence-electron chi connectivity index (χ2n) is 6.29. The molecule has 0 radical (unpaired) electrons. The van der Waals surface area contributed by atoms with E-state index in [-0.39, 0.29) is 24.1 Å². The highest BCUT2D eigenvalue weighted by Crippen LogP contribution is 2.26. The number of halogens is 2. The zero-order valence-corrected chi connectivity index (χ0v) is 16.8. The molecular formula is C18H25Cl2N3O3. The van der Waals surface area contributed by atoms with Crippen LogP contribution in [-0.2, 0) is 9.53 Å². The van der Waals surface area contributed by atoms with Crippen LogP contribution in [0.2, 0.25) is 10.0 Å². The zero-order valence-electron chi connectivity index (χ0n) is 15.3. The molecule has 2 rings (SSSR count). The van der Waals surface area contributed by atoms with Gasteiger partial charge < -0.3 is 15.0 Å². The highest BCUT2D eigenvalue weighted by molar-refractivity contribution is 6.35. The fraction of sp³-hybridized carbons (Fsp3) is 0.556. The SMILES string of the molecule is CCOC(=O)N1CCN([C@H](C)C(=O)N[C@H](C)c2ccc(Cl)cc2Cl)CC1. The van der Waals surface area contributed by atoms with Gasteiger partial charge in [0.05, 0.1) is 18.7 Å². The van der Waals surface area contributed by atoms with E-state index >= 15 is 0 Å². The Morgan fingerprint density at radius 1 is 1.19 bits per heavy atom.